The van der Waals surface area contributed by atoms with Gasteiger partial charge in [0.05, 0.1) is 0 Å². The Bertz CT molecular complexity index is 264. The van der Waals surface area contributed by atoms with Crippen molar-refractivity contribution in [3.8, 4) is 0 Å². The van der Waals surface area contributed by atoms with Gasteiger partial charge in [0, 0.05) is 26.3 Å². The van der Waals surface area contributed by atoms with Crippen molar-refractivity contribution < 1.29 is 0 Å². The lowest BCUT2D eigenvalue weighted by molar-refractivity contribution is 0.665. The molecule has 0 spiro atoms. The van der Waals surface area contributed by atoms with E-state index in [0.29, 0.717) is 0 Å². The summed E-state index contributed by atoms with van der Waals surface area (Å²) in [7, 11) is 3.98. The highest BCUT2D eigenvalue weighted by Gasteiger charge is 1.99. The van der Waals surface area contributed by atoms with Crippen LogP contribution in [0.1, 0.15) is 18.9 Å². The number of anilines is 1. The Morgan fingerprint density at radius 2 is 2.14 bits per heavy atom. The van der Waals surface area contributed by atoms with Crippen LogP contribution in [0.15, 0.2) is 18.3 Å². The molecule has 78 valence electrons. The van der Waals surface area contributed by atoms with Gasteiger partial charge < -0.3 is 10.6 Å². The molecule has 0 amide bonds. The van der Waals surface area contributed by atoms with Crippen LogP contribution in [0.5, 0.6) is 0 Å². The Kier molecular flexibility index (Phi) is 3.89. The number of nitrogens with two attached hydrogens (primary N) is 1. The Hall–Kier alpha value is -1.09. The fourth-order valence-electron chi connectivity index (χ4n) is 1.22. The third-order valence-electron chi connectivity index (χ3n) is 2.16. The Balaban J connectivity index is 2.55. The summed E-state index contributed by atoms with van der Waals surface area (Å²) in [6.45, 7) is 2.03. The van der Waals surface area contributed by atoms with Crippen molar-refractivity contribution in [3.05, 3.63) is 23.9 Å². The van der Waals surface area contributed by atoms with E-state index in [9.17, 15) is 0 Å². The van der Waals surface area contributed by atoms with Crippen molar-refractivity contribution in [2.24, 2.45) is 5.73 Å². The SMILES string of the molecule is CC(N)CCc1ccc(N(C)C)nc1. The highest BCUT2D eigenvalue weighted by atomic mass is 15.1. The van der Waals surface area contributed by atoms with Gasteiger partial charge in [0.15, 0.2) is 0 Å². The molecule has 3 nitrogen and oxygen atoms in total. The standard InChI is InChI=1S/C11H19N3/c1-9(12)4-5-10-6-7-11(13-8-10)14(2)3/h6-9H,4-5,12H2,1-3H3. The van der Waals surface area contributed by atoms with E-state index in [1.807, 2.05) is 38.2 Å². The molecule has 0 aliphatic heterocycles. The summed E-state index contributed by atoms with van der Waals surface area (Å²) in [5.41, 5.74) is 6.95. The van der Waals surface area contributed by atoms with Gasteiger partial charge in [-0.05, 0) is 31.4 Å². The minimum atomic E-state index is 0.267. The lowest BCUT2D eigenvalue weighted by Crippen LogP contribution is -2.15. The zero-order valence-electron chi connectivity index (χ0n) is 9.20. The van der Waals surface area contributed by atoms with E-state index in [0.717, 1.165) is 18.7 Å². The molecule has 0 fully saturated rings. The van der Waals surface area contributed by atoms with Gasteiger partial charge in [0.1, 0.15) is 5.82 Å². The lowest BCUT2D eigenvalue weighted by atomic mass is 10.1. The van der Waals surface area contributed by atoms with E-state index in [4.69, 9.17) is 5.73 Å². The number of rotatable bonds is 4. The summed E-state index contributed by atoms with van der Waals surface area (Å²) in [5, 5.41) is 0. The monoisotopic (exact) mass is 193 g/mol. The summed E-state index contributed by atoms with van der Waals surface area (Å²) in [6, 6.07) is 4.42. The normalized spacial score (nSPS) is 12.6. The van der Waals surface area contributed by atoms with Crippen LogP contribution in [0.4, 0.5) is 5.82 Å². The third kappa shape index (κ3) is 3.34. The molecule has 3 heteroatoms. The highest BCUT2D eigenvalue weighted by Crippen LogP contribution is 2.09. The molecule has 1 atom stereocenters. The van der Waals surface area contributed by atoms with Gasteiger partial charge in [0.25, 0.3) is 0 Å². The minimum Gasteiger partial charge on any atom is -0.363 e. The van der Waals surface area contributed by atoms with E-state index < -0.39 is 0 Å². The molecule has 0 radical (unpaired) electrons. The number of pyridine rings is 1. The maximum atomic E-state index is 5.69. The van der Waals surface area contributed by atoms with Crippen molar-refractivity contribution in [1.29, 1.82) is 0 Å². The number of aromatic nitrogens is 1. The van der Waals surface area contributed by atoms with Crippen LogP contribution in [0.3, 0.4) is 0 Å². The van der Waals surface area contributed by atoms with Gasteiger partial charge in [-0.15, -0.1) is 0 Å². The highest BCUT2D eigenvalue weighted by molar-refractivity contribution is 5.37. The van der Waals surface area contributed by atoms with Gasteiger partial charge in [-0.2, -0.15) is 0 Å². The second-order valence-corrected chi connectivity index (χ2v) is 3.94. The van der Waals surface area contributed by atoms with Gasteiger partial charge in [-0.1, -0.05) is 6.07 Å². The van der Waals surface area contributed by atoms with E-state index in [1.54, 1.807) is 0 Å². The maximum absolute atomic E-state index is 5.69. The number of nitrogens with zero attached hydrogens (tertiary/aromatic N) is 2. The number of aryl methyl sites for hydroxylation is 1. The molecule has 1 aromatic heterocycles. The summed E-state index contributed by atoms with van der Waals surface area (Å²) in [4.78, 5) is 6.34. The first-order valence-electron chi connectivity index (χ1n) is 4.97. The second-order valence-electron chi connectivity index (χ2n) is 3.94. The molecule has 1 rings (SSSR count). The van der Waals surface area contributed by atoms with Gasteiger partial charge in [0.2, 0.25) is 0 Å². The Labute approximate surface area is 85.9 Å². The first kappa shape index (κ1) is 11.0. The summed E-state index contributed by atoms with van der Waals surface area (Å²) < 4.78 is 0. The van der Waals surface area contributed by atoms with Crippen LogP contribution >= 0.6 is 0 Å². The van der Waals surface area contributed by atoms with Crippen LogP contribution in [0.25, 0.3) is 0 Å². The molecule has 0 aliphatic rings. The molecule has 0 saturated carbocycles. The largest absolute Gasteiger partial charge is 0.363 e. The molecular formula is C11H19N3. The molecule has 2 N–H and O–H groups in total. The molecule has 0 bridgehead atoms. The van der Waals surface area contributed by atoms with Crippen molar-refractivity contribution in [2.45, 2.75) is 25.8 Å². The van der Waals surface area contributed by atoms with E-state index in [1.165, 1.54) is 5.56 Å². The van der Waals surface area contributed by atoms with Crippen LogP contribution in [-0.2, 0) is 6.42 Å². The van der Waals surface area contributed by atoms with Crippen LogP contribution in [-0.4, -0.2) is 25.1 Å². The fraction of sp³-hybridized carbons (Fsp3) is 0.545. The van der Waals surface area contributed by atoms with E-state index >= 15 is 0 Å². The average molecular weight is 193 g/mol. The van der Waals surface area contributed by atoms with Gasteiger partial charge in [-0.25, -0.2) is 4.98 Å². The van der Waals surface area contributed by atoms with Crippen LogP contribution in [0.2, 0.25) is 0 Å². The quantitative estimate of drug-likeness (QED) is 0.786. The van der Waals surface area contributed by atoms with Crippen LogP contribution in [0, 0.1) is 0 Å². The smallest absolute Gasteiger partial charge is 0.127 e. The third-order valence-corrected chi connectivity index (χ3v) is 2.16. The molecule has 0 aromatic carbocycles. The zero-order chi connectivity index (χ0) is 10.6. The summed E-state index contributed by atoms with van der Waals surface area (Å²) in [6.07, 6.45) is 3.96. The minimum absolute atomic E-state index is 0.267. The van der Waals surface area contributed by atoms with Crippen molar-refractivity contribution in [3.63, 3.8) is 0 Å². The molecule has 14 heavy (non-hydrogen) atoms. The molecular weight excluding hydrogens is 174 g/mol. The first-order valence-corrected chi connectivity index (χ1v) is 4.97. The average Bonchev–Trinajstić information content (AvgIpc) is 2.15. The predicted octanol–water partition coefficient (Wildman–Crippen LogP) is 1.43. The molecule has 1 unspecified atom stereocenters. The number of hydrogen-bond donors (Lipinski definition) is 1. The number of hydrogen-bond acceptors (Lipinski definition) is 3. The Morgan fingerprint density at radius 1 is 1.43 bits per heavy atom. The van der Waals surface area contributed by atoms with E-state index in [-0.39, 0.29) is 6.04 Å². The molecule has 1 heterocycles. The van der Waals surface area contributed by atoms with Crippen LogP contribution < -0.4 is 10.6 Å². The second kappa shape index (κ2) is 4.96. The first-order chi connectivity index (χ1) is 6.59. The zero-order valence-corrected chi connectivity index (χ0v) is 9.20. The topological polar surface area (TPSA) is 42.1 Å². The van der Waals surface area contributed by atoms with Crippen molar-refractivity contribution >= 4 is 5.82 Å². The summed E-state index contributed by atoms with van der Waals surface area (Å²) in [5.74, 6) is 0.995. The summed E-state index contributed by atoms with van der Waals surface area (Å²) >= 11 is 0. The predicted molar refractivity (Wildman–Crippen MR) is 60.5 cm³/mol. The maximum Gasteiger partial charge on any atom is 0.127 e. The Morgan fingerprint density at radius 3 is 2.57 bits per heavy atom. The van der Waals surface area contributed by atoms with Gasteiger partial charge in [-0.3, -0.25) is 0 Å². The fourth-order valence-corrected chi connectivity index (χ4v) is 1.22. The lowest BCUT2D eigenvalue weighted by Gasteiger charge is -2.11. The molecule has 0 saturated heterocycles. The van der Waals surface area contributed by atoms with Crippen molar-refractivity contribution in [1.82, 2.24) is 4.98 Å². The molecule has 1 aromatic rings. The molecule has 0 aliphatic carbocycles. The van der Waals surface area contributed by atoms with E-state index in [2.05, 4.69) is 11.1 Å². The van der Waals surface area contributed by atoms with Crippen molar-refractivity contribution in [2.75, 3.05) is 19.0 Å². The van der Waals surface area contributed by atoms with Gasteiger partial charge >= 0.3 is 0 Å².